The molecular formula is C12H16N2O3S2. The Morgan fingerprint density at radius 3 is 2.47 bits per heavy atom. The Morgan fingerprint density at radius 2 is 1.95 bits per heavy atom. The topological polar surface area (TPSA) is 66.5 Å². The van der Waals surface area contributed by atoms with Crippen molar-refractivity contribution in [3.63, 3.8) is 0 Å². The molecule has 0 saturated carbocycles. The van der Waals surface area contributed by atoms with Crippen LogP contribution in [0.3, 0.4) is 0 Å². The maximum absolute atomic E-state index is 12.1. The Balaban J connectivity index is 2.09. The van der Waals surface area contributed by atoms with Crippen molar-refractivity contribution in [3.05, 3.63) is 30.3 Å². The van der Waals surface area contributed by atoms with Crippen molar-refractivity contribution in [1.29, 1.82) is 0 Å². The summed E-state index contributed by atoms with van der Waals surface area (Å²) in [7, 11) is -3.69. The fourth-order valence-corrected chi connectivity index (χ4v) is 4.38. The second-order valence-corrected chi connectivity index (χ2v) is 7.26. The summed E-state index contributed by atoms with van der Waals surface area (Å²) >= 11 is 1.32. The zero-order valence-corrected chi connectivity index (χ0v) is 12.4. The summed E-state index contributed by atoms with van der Waals surface area (Å²) in [5, 5.41) is 0. The average Bonchev–Trinajstić information content (AvgIpc) is 2.59. The molecule has 0 bridgehead atoms. The van der Waals surface area contributed by atoms with Gasteiger partial charge in [0.15, 0.2) is 0 Å². The molecule has 5 nitrogen and oxygen atoms in total. The number of thioether (sulfide) groups is 1. The first kappa shape index (κ1) is 14.4. The van der Waals surface area contributed by atoms with Crippen molar-refractivity contribution in [2.45, 2.75) is 24.8 Å². The molecule has 104 valence electrons. The van der Waals surface area contributed by atoms with Gasteiger partial charge in [-0.25, -0.2) is 4.31 Å². The van der Waals surface area contributed by atoms with E-state index in [1.165, 1.54) is 11.8 Å². The fraction of sp³-hybridized carbons (Fsp3) is 0.417. The molecule has 1 heterocycles. The van der Waals surface area contributed by atoms with Crippen LogP contribution < -0.4 is 4.72 Å². The minimum Gasteiger partial charge on any atom is -0.272 e. The molecule has 7 heteroatoms. The molecule has 2 rings (SSSR count). The third-order valence-electron chi connectivity index (χ3n) is 2.84. The van der Waals surface area contributed by atoms with Crippen LogP contribution in [0.15, 0.2) is 35.2 Å². The van der Waals surface area contributed by atoms with Gasteiger partial charge >= 0.3 is 10.2 Å². The van der Waals surface area contributed by atoms with Crippen LogP contribution in [0.2, 0.25) is 0 Å². The fourth-order valence-electron chi connectivity index (χ4n) is 1.75. The monoisotopic (exact) mass is 300 g/mol. The molecule has 0 aliphatic carbocycles. The van der Waals surface area contributed by atoms with Gasteiger partial charge in [0.2, 0.25) is 0 Å². The Morgan fingerprint density at radius 1 is 1.32 bits per heavy atom. The lowest BCUT2D eigenvalue weighted by Crippen LogP contribution is -2.34. The maximum atomic E-state index is 12.1. The van der Waals surface area contributed by atoms with Crippen LogP contribution in [-0.4, -0.2) is 30.5 Å². The van der Waals surface area contributed by atoms with Gasteiger partial charge in [-0.15, -0.1) is 11.8 Å². The second-order valence-electron chi connectivity index (χ2n) is 4.62. The SMILES string of the molecule is CC(C)C1NS(=O)(=O)N(CSc2ccccc2)C1=O. The lowest BCUT2D eigenvalue weighted by atomic mass is 10.1. The highest BCUT2D eigenvalue weighted by Crippen LogP contribution is 2.24. The summed E-state index contributed by atoms with van der Waals surface area (Å²) in [6, 6.07) is 8.74. The van der Waals surface area contributed by atoms with E-state index in [0.29, 0.717) is 0 Å². The minimum absolute atomic E-state index is 0.0611. The molecule has 1 N–H and O–H groups in total. The number of carbonyl (C=O) groups is 1. The van der Waals surface area contributed by atoms with Gasteiger partial charge in [0, 0.05) is 4.90 Å². The highest BCUT2D eigenvalue weighted by atomic mass is 32.2. The first-order valence-electron chi connectivity index (χ1n) is 5.93. The van der Waals surface area contributed by atoms with Crippen molar-refractivity contribution in [1.82, 2.24) is 9.03 Å². The van der Waals surface area contributed by atoms with E-state index in [9.17, 15) is 13.2 Å². The van der Waals surface area contributed by atoms with Gasteiger partial charge in [0.1, 0.15) is 6.04 Å². The summed E-state index contributed by atoms with van der Waals surface area (Å²) in [5.41, 5.74) is 0. The molecule has 0 spiro atoms. The van der Waals surface area contributed by atoms with E-state index >= 15 is 0 Å². The lowest BCUT2D eigenvalue weighted by molar-refractivity contribution is -0.126. The highest BCUT2D eigenvalue weighted by Gasteiger charge is 2.43. The normalized spacial score (nSPS) is 22.2. The van der Waals surface area contributed by atoms with Crippen LogP contribution in [0.25, 0.3) is 0 Å². The Hall–Kier alpha value is -1.05. The predicted molar refractivity (Wildman–Crippen MR) is 74.7 cm³/mol. The smallest absolute Gasteiger partial charge is 0.272 e. The van der Waals surface area contributed by atoms with Gasteiger partial charge in [0.25, 0.3) is 5.91 Å². The number of hydrogen-bond donors (Lipinski definition) is 1. The van der Waals surface area contributed by atoms with Gasteiger partial charge in [0.05, 0.1) is 5.88 Å². The van der Waals surface area contributed by atoms with Crippen LogP contribution in [-0.2, 0) is 15.0 Å². The summed E-state index contributed by atoms with van der Waals surface area (Å²) in [5.74, 6) is -0.339. The highest BCUT2D eigenvalue weighted by molar-refractivity contribution is 8.00. The van der Waals surface area contributed by atoms with Gasteiger partial charge in [-0.05, 0) is 18.1 Å². The molecule has 1 fully saturated rings. The van der Waals surface area contributed by atoms with E-state index in [2.05, 4.69) is 4.72 Å². The quantitative estimate of drug-likeness (QED) is 0.854. The Kier molecular flexibility index (Phi) is 4.17. The van der Waals surface area contributed by atoms with E-state index in [4.69, 9.17) is 0 Å². The summed E-state index contributed by atoms with van der Waals surface area (Å²) in [4.78, 5) is 13.0. The lowest BCUT2D eigenvalue weighted by Gasteiger charge is -2.14. The third-order valence-corrected chi connectivity index (χ3v) is 5.43. The van der Waals surface area contributed by atoms with Crippen molar-refractivity contribution in [3.8, 4) is 0 Å². The molecule has 1 saturated heterocycles. The largest absolute Gasteiger partial charge is 0.305 e. The van der Waals surface area contributed by atoms with Crippen molar-refractivity contribution in [2.24, 2.45) is 5.92 Å². The molecule has 0 radical (unpaired) electrons. The number of rotatable bonds is 4. The zero-order valence-electron chi connectivity index (χ0n) is 10.7. The number of nitrogens with one attached hydrogen (secondary N) is 1. The number of carbonyl (C=O) groups excluding carboxylic acids is 1. The van der Waals surface area contributed by atoms with Crippen LogP contribution in [0, 0.1) is 5.92 Å². The third kappa shape index (κ3) is 3.10. The van der Waals surface area contributed by atoms with Crippen LogP contribution in [0.4, 0.5) is 0 Å². The zero-order chi connectivity index (χ0) is 14.0. The molecule has 1 aliphatic heterocycles. The summed E-state index contributed by atoms with van der Waals surface area (Å²) in [6.45, 7) is 3.64. The Labute approximate surface area is 117 Å². The Bertz CT molecular complexity index is 558. The molecule has 1 aromatic carbocycles. The van der Waals surface area contributed by atoms with Gasteiger partial charge < -0.3 is 0 Å². The molecule has 1 unspecified atom stereocenters. The van der Waals surface area contributed by atoms with E-state index in [-0.39, 0.29) is 17.7 Å². The van der Waals surface area contributed by atoms with Gasteiger partial charge in [-0.1, -0.05) is 32.0 Å². The van der Waals surface area contributed by atoms with E-state index < -0.39 is 16.3 Å². The number of amides is 1. The summed E-state index contributed by atoms with van der Waals surface area (Å²) in [6.07, 6.45) is 0. The number of nitrogens with zero attached hydrogens (tertiary/aromatic N) is 1. The molecule has 0 aromatic heterocycles. The van der Waals surface area contributed by atoms with E-state index in [0.717, 1.165) is 9.20 Å². The van der Waals surface area contributed by atoms with E-state index in [1.54, 1.807) is 0 Å². The molecule has 19 heavy (non-hydrogen) atoms. The average molecular weight is 300 g/mol. The van der Waals surface area contributed by atoms with Crippen molar-refractivity contribution >= 4 is 27.9 Å². The van der Waals surface area contributed by atoms with Gasteiger partial charge in [-0.3, -0.25) is 4.79 Å². The van der Waals surface area contributed by atoms with Crippen LogP contribution in [0.1, 0.15) is 13.8 Å². The maximum Gasteiger partial charge on any atom is 0.305 e. The molecule has 1 atom stereocenters. The molecule has 1 amide bonds. The predicted octanol–water partition coefficient (Wildman–Crippen LogP) is 1.44. The number of benzene rings is 1. The first-order valence-corrected chi connectivity index (χ1v) is 8.36. The minimum atomic E-state index is -3.69. The van der Waals surface area contributed by atoms with Crippen molar-refractivity contribution < 1.29 is 13.2 Å². The standard InChI is InChI=1S/C12H16N2O3S2/c1-9(2)11-12(15)14(19(16,17)13-11)8-18-10-6-4-3-5-7-10/h3-7,9,11,13H,8H2,1-2H3. The van der Waals surface area contributed by atoms with Crippen molar-refractivity contribution in [2.75, 3.05) is 5.88 Å². The van der Waals surface area contributed by atoms with Crippen LogP contribution in [0.5, 0.6) is 0 Å². The number of hydrogen-bond acceptors (Lipinski definition) is 4. The summed E-state index contributed by atoms with van der Waals surface area (Å²) < 4.78 is 27.1. The molecular weight excluding hydrogens is 284 g/mol. The second kappa shape index (κ2) is 5.52. The van der Waals surface area contributed by atoms with Crippen LogP contribution >= 0.6 is 11.8 Å². The van der Waals surface area contributed by atoms with E-state index in [1.807, 2.05) is 44.2 Å². The molecule has 1 aliphatic rings. The first-order chi connectivity index (χ1) is 8.92. The molecule has 1 aromatic rings. The van der Waals surface area contributed by atoms with Gasteiger partial charge in [-0.2, -0.15) is 13.1 Å².